The van der Waals surface area contributed by atoms with E-state index in [1.165, 1.54) is 16.3 Å². The summed E-state index contributed by atoms with van der Waals surface area (Å²) in [5.74, 6) is -0.520. The number of carbonyl (C=O) groups is 2. The molecule has 4 rings (SSSR count). The SMILES string of the molecule is CCCC(=O)c1c(-c2ccccc2)c2cc(Cl)ccc2c(=O)n1Cc1cc(SC)n(CC(=O)OCC)n1. The molecule has 0 atom stereocenters. The molecular formula is C28H28ClN3O4S. The highest BCUT2D eigenvalue weighted by molar-refractivity contribution is 7.98. The quantitative estimate of drug-likeness (QED) is 0.144. The molecule has 0 saturated carbocycles. The fraction of sp³-hybridized carbons (Fsp3) is 0.286. The monoisotopic (exact) mass is 537 g/mol. The van der Waals surface area contributed by atoms with Crippen molar-refractivity contribution in [1.29, 1.82) is 0 Å². The van der Waals surface area contributed by atoms with E-state index in [1.54, 1.807) is 29.8 Å². The number of fused-ring (bicyclic) bond motifs is 1. The smallest absolute Gasteiger partial charge is 0.327 e. The van der Waals surface area contributed by atoms with E-state index in [2.05, 4.69) is 5.10 Å². The maximum Gasteiger partial charge on any atom is 0.327 e. The number of aromatic nitrogens is 3. The van der Waals surface area contributed by atoms with E-state index in [1.807, 2.05) is 49.6 Å². The highest BCUT2D eigenvalue weighted by Gasteiger charge is 2.24. The largest absolute Gasteiger partial charge is 0.465 e. The molecule has 0 unspecified atom stereocenters. The first-order chi connectivity index (χ1) is 17.9. The maximum absolute atomic E-state index is 13.8. The summed E-state index contributed by atoms with van der Waals surface area (Å²) in [6.07, 6.45) is 2.82. The fourth-order valence-corrected chi connectivity index (χ4v) is 5.14. The zero-order chi connectivity index (χ0) is 26.5. The Morgan fingerprint density at radius 3 is 2.49 bits per heavy atom. The highest BCUT2D eigenvalue weighted by Crippen LogP contribution is 2.33. The summed E-state index contributed by atoms with van der Waals surface area (Å²) in [5.41, 5.74) is 2.09. The first kappa shape index (κ1) is 26.7. The van der Waals surface area contributed by atoms with E-state index in [9.17, 15) is 14.4 Å². The Labute approximate surface area is 224 Å². The van der Waals surface area contributed by atoms with Crippen LogP contribution in [0.3, 0.4) is 0 Å². The number of ketones is 1. The molecule has 0 amide bonds. The van der Waals surface area contributed by atoms with Gasteiger partial charge in [0.05, 0.1) is 29.6 Å². The van der Waals surface area contributed by atoms with Crippen molar-refractivity contribution in [2.24, 2.45) is 0 Å². The van der Waals surface area contributed by atoms with Gasteiger partial charge in [-0.3, -0.25) is 19.0 Å². The molecule has 37 heavy (non-hydrogen) atoms. The van der Waals surface area contributed by atoms with Crippen molar-refractivity contribution >= 4 is 45.9 Å². The minimum atomic E-state index is -0.391. The van der Waals surface area contributed by atoms with E-state index in [0.29, 0.717) is 45.6 Å². The Morgan fingerprint density at radius 1 is 1.05 bits per heavy atom. The van der Waals surface area contributed by atoms with Gasteiger partial charge in [-0.25, -0.2) is 4.68 Å². The normalized spacial score (nSPS) is 11.1. The van der Waals surface area contributed by atoms with Gasteiger partial charge in [-0.05, 0) is 54.8 Å². The lowest BCUT2D eigenvalue weighted by Crippen LogP contribution is -2.28. The van der Waals surface area contributed by atoms with Crippen LogP contribution >= 0.6 is 23.4 Å². The second-order valence-electron chi connectivity index (χ2n) is 8.48. The molecule has 0 aliphatic carbocycles. The van der Waals surface area contributed by atoms with Gasteiger partial charge in [-0.1, -0.05) is 48.9 Å². The van der Waals surface area contributed by atoms with Gasteiger partial charge in [0.25, 0.3) is 5.56 Å². The van der Waals surface area contributed by atoms with Crippen molar-refractivity contribution < 1.29 is 14.3 Å². The molecule has 192 valence electrons. The summed E-state index contributed by atoms with van der Waals surface area (Å²) in [4.78, 5) is 39.5. The van der Waals surface area contributed by atoms with Crippen LogP contribution in [-0.2, 0) is 22.6 Å². The van der Waals surface area contributed by atoms with Crippen molar-refractivity contribution in [3.63, 3.8) is 0 Å². The number of halogens is 1. The molecule has 4 aromatic rings. The van der Waals surface area contributed by atoms with Crippen LogP contribution in [0.1, 0.15) is 42.9 Å². The molecule has 9 heteroatoms. The van der Waals surface area contributed by atoms with Crippen LogP contribution in [0.15, 0.2) is 64.4 Å². The van der Waals surface area contributed by atoms with Gasteiger partial charge in [-0.2, -0.15) is 5.10 Å². The van der Waals surface area contributed by atoms with E-state index in [0.717, 1.165) is 10.6 Å². The summed E-state index contributed by atoms with van der Waals surface area (Å²) in [7, 11) is 0. The van der Waals surface area contributed by atoms with Crippen molar-refractivity contribution in [3.8, 4) is 11.1 Å². The number of esters is 1. The second-order valence-corrected chi connectivity index (χ2v) is 9.75. The lowest BCUT2D eigenvalue weighted by molar-refractivity contribution is -0.144. The van der Waals surface area contributed by atoms with Gasteiger partial charge < -0.3 is 4.74 Å². The molecule has 0 N–H and O–H groups in total. The van der Waals surface area contributed by atoms with Crippen LogP contribution in [0.5, 0.6) is 0 Å². The number of hydrogen-bond donors (Lipinski definition) is 0. The summed E-state index contributed by atoms with van der Waals surface area (Å²) >= 11 is 7.78. The molecule has 7 nitrogen and oxygen atoms in total. The molecule has 0 spiro atoms. The summed E-state index contributed by atoms with van der Waals surface area (Å²) in [6, 6.07) is 16.5. The van der Waals surface area contributed by atoms with Crippen molar-refractivity contribution in [3.05, 3.63) is 81.4 Å². The Hall–Kier alpha value is -3.36. The fourth-order valence-electron chi connectivity index (χ4n) is 4.40. The molecule has 0 radical (unpaired) electrons. The molecule has 0 aliphatic heterocycles. The van der Waals surface area contributed by atoms with Crippen LogP contribution in [0.25, 0.3) is 21.9 Å². The molecular weight excluding hydrogens is 510 g/mol. The number of ether oxygens (including phenoxy) is 1. The summed E-state index contributed by atoms with van der Waals surface area (Å²) in [6.45, 7) is 4.00. The lowest BCUT2D eigenvalue weighted by atomic mass is 9.94. The third-order valence-electron chi connectivity index (χ3n) is 5.94. The van der Waals surface area contributed by atoms with Crippen molar-refractivity contribution in [2.75, 3.05) is 12.9 Å². The number of nitrogens with zero attached hydrogens (tertiary/aromatic N) is 3. The number of hydrogen-bond acceptors (Lipinski definition) is 6. The summed E-state index contributed by atoms with van der Waals surface area (Å²) in [5, 5.41) is 6.93. The molecule has 0 fully saturated rings. The molecule has 2 heterocycles. The Balaban J connectivity index is 1.96. The van der Waals surface area contributed by atoms with Gasteiger partial charge in [0, 0.05) is 22.4 Å². The van der Waals surface area contributed by atoms with Gasteiger partial charge in [0.1, 0.15) is 6.54 Å². The molecule has 0 aliphatic rings. The molecule has 0 bridgehead atoms. The van der Waals surface area contributed by atoms with Crippen molar-refractivity contribution in [1.82, 2.24) is 14.3 Å². The van der Waals surface area contributed by atoms with Crippen LogP contribution in [-0.4, -0.2) is 39.0 Å². The number of rotatable bonds is 10. The molecule has 0 saturated heterocycles. The zero-order valence-corrected chi connectivity index (χ0v) is 22.6. The van der Waals surface area contributed by atoms with Crippen molar-refractivity contribution in [2.45, 2.75) is 44.8 Å². The first-order valence-corrected chi connectivity index (χ1v) is 13.7. The molecule has 2 aromatic heterocycles. The Bertz CT molecular complexity index is 1510. The maximum atomic E-state index is 13.8. The Kier molecular flexibility index (Phi) is 8.51. The molecule has 2 aromatic carbocycles. The Morgan fingerprint density at radius 2 is 1.81 bits per heavy atom. The minimum Gasteiger partial charge on any atom is -0.465 e. The number of pyridine rings is 1. The lowest BCUT2D eigenvalue weighted by Gasteiger charge is -2.19. The first-order valence-electron chi connectivity index (χ1n) is 12.1. The summed E-state index contributed by atoms with van der Waals surface area (Å²) < 4.78 is 8.15. The topological polar surface area (TPSA) is 83.2 Å². The number of carbonyl (C=O) groups excluding carboxylic acids is 2. The van der Waals surface area contributed by atoms with Gasteiger partial charge in [0.2, 0.25) is 0 Å². The van der Waals surface area contributed by atoms with Gasteiger partial charge in [0.15, 0.2) is 5.78 Å². The van der Waals surface area contributed by atoms with Crippen LogP contribution in [0.2, 0.25) is 5.02 Å². The predicted molar refractivity (Wildman–Crippen MR) is 148 cm³/mol. The predicted octanol–water partition coefficient (Wildman–Crippen LogP) is 5.83. The third kappa shape index (κ3) is 5.65. The van der Waals surface area contributed by atoms with E-state index >= 15 is 0 Å². The van der Waals surface area contributed by atoms with Gasteiger partial charge >= 0.3 is 5.97 Å². The third-order valence-corrected chi connectivity index (χ3v) is 6.93. The van der Waals surface area contributed by atoms with E-state index in [-0.39, 0.29) is 31.0 Å². The van der Waals surface area contributed by atoms with E-state index < -0.39 is 5.97 Å². The highest BCUT2D eigenvalue weighted by atomic mass is 35.5. The van der Waals surface area contributed by atoms with Crippen LogP contribution in [0, 0.1) is 0 Å². The second kappa shape index (κ2) is 11.8. The zero-order valence-electron chi connectivity index (χ0n) is 21.0. The number of benzene rings is 2. The minimum absolute atomic E-state index is 0.0357. The van der Waals surface area contributed by atoms with Crippen LogP contribution < -0.4 is 5.56 Å². The van der Waals surface area contributed by atoms with Gasteiger partial charge in [-0.15, -0.1) is 11.8 Å². The van der Waals surface area contributed by atoms with Crippen LogP contribution in [0.4, 0.5) is 0 Å². The van der Waals surface area contributed by atoms with E-state index in [4.69, 9.17) is 16.3 Å². The number of thioether (sulfide) groups is 1. The standard InChI is InChI=1S/C28H28ClN3O4S/c1-4-9-23(33)27-26(18-10-7-6-8-11-18)22-14-19(29)12-13-21(22)28(35)31(27)16-20-15-24(37-3)32(30-20)17-25(34)36-5-2/h6-8,10-15H,4-5,9,16-17H2,1-3H3. The average molecular weight is 538 g/mol. The average Bonchev–Trinajstić information content (AvgIpc) is 3.27. The number of Topliss-reactive ketones (excluding diaryl/α,β-unsaturated/α-hetero) is 1.